The first-order valence-corrected chi connectivity index (χ1v) is 18.6. The lowest BCUT2D eigenvalue weighted by Gasteiger charge is -2.17. The number of aromatic nitrogens is 4. The molecular formula is C50H30N4O2. The van der Waals surface area contributed by atoms with Crippen molar-refractivity contribution < 1.29 is 8.83 Å². The maximum atomic E-state index is 6.41. The lowest BCUT2D eigenvalue weighted by Crippen LogP contribution is -1.97. The predicted octanol–water partition coefficient (Wildman–Crippen LogP) is 13.1. The van der Waals surface area contributed by atoms with Crippen LogP contribution < -0.4 is 0 Å². The van der Waals surface area contributed by atoms with Gasteiger partial charge in [0, 0.05) is 33.0 Å². The number of benzene rings is 7. The average Bonchev–Trinajstić information content (AvgIpc) is 3.85. The molecule has 0 saturated heterocycles. The van der Waals surface area contributed by atoms with Crippen molar-refractivity contribution in [2.24, 2.45) is 0 Å². The third-order valence-corrected chi connectivity index (χ3v) is 10.4. The largest absolute Gasteiger partial charge is 0.438 e. The fourth-order valence-electron chi connectivity index (χ4n) is 7.87. The van der Waals surface area contributed by atoms with E-state index in [2.05, 4.69) is 91.0 Å². The van der Waals surface area contributed by atoms with Gasteiger partial charge in [-0.25, -0.2) is 9.97 Å². The Balaban J connectivity index is 1.14. The Kier molecular flexibility index (Phi) is 7.38. The number of hydrogen-bond donors (Lipinski definition) is 0. The van der Waals surface area contributed by atoms with Crippen molar-refractivity contribution in [1.82, 2.24) is 19.9 Å². The Morgan fingerprint density at radius 3 is 1.27 bits per heavy atom. The van der Waals surface area contributed by atoms with Gasteiger partial charge in [0.1, 0.15) is 11.2 Å². The molecule has 11 rings (SSSR count). The highest BCUT2D eigenvalue weighted by molar-refractivity contribution is 6.13. The van der Waals surface area contributed by atoms with Crippen molar-refractivity contribution in [3.63, 3.8) is 0 Å². The van der Waals surface area contributed by atoms with Crippen LogP contribution in [0.15, 0.2) is 191 Å². The van der Waals surface area contributed by atoms with Crippen LogP contribution >= 0.6 is 0 Å². The molecule has 4 aromatic heterocycles. The molecule has 0 amide bonds. The van der Waals surface area contributed by atoms with E-state index in [0.717, 1.165) is 88.6 Å². The van der Waals surface area contributed by atoms with Gasteiger partial charge in [-0.2, -0.15) is 9.97 Å². The molecule has 6 heteroatoms. The highest BCUT2D eigenvalue weighted by Gasteiger charge is 2.23. The molecule has 0 aliphatic rings. The standard InChI is InChI=1S/C50H30N4O2/c1-3-17-31(18-4-1)45-43-39-27-13-15-29-41(39)55-49(43)54-48(51-45)38-26-12-10-24-36(38)34-22-8-7-21-33(34)35-23-9-11-25-37(35)46-44-40-28-14-16-30-42(40)56-50(44)53-47(52-46)32-19-5-2-6-20-32/h1-30H. The van der Waals surface area contributed by atoms with Crippen LogP contribution in [0.2, 0.25) is 0 Å². The Morgan fingerprint density at radius 1 is 0.286 bits per heavy atom. The van der Waals surface area contributed by atoms with E-state index in [-0.39, 0.29) is 0 Å². The number of para-hydroxylation sites is 2. The van der Waals surface area contributed by atoms with Crippen LogP contribution in [-0.4, -0.2) is 19.9 Å². The van der Waals surface area contributed by atoms with Gasteiger partial charge in [0.25, 0.3) is 0 Å². The summed E-state index contributed by atoms with van der Waals surface area (Å²) in [4.78, 5) is 20.7. The van der Waals surface area contributed by atoms with Crippen LogP contribution in [0.3, 0.4) is 0 Å². The zero-order chi connectivity index (χ0) is 37.0. The van der Waals surface area contributed by atoms with Gasteiger partial charge >= 0.3 is 0 Å². The van der Waals surface area contributed by atoms with Crippen LogP contribution in [-0.2, 0) is 0 Å². The second-order valence-corrected chi connectivity index (χ2v) is 13.7. The van der Waals surface area contributed by atoms with Gasteiger partial charge in [0.05, 0.1) is 22.2 Å². The summed E-state index contributed by atoms with van der Waals surface area (Å²) in [5.41, 5.74) is 12.2. The Bertz CT molecular complexity index is 3260. The first-order chi connectivity index (χ1) is 27.8. The zero-order valence-corrected chi connectivity index (χ0v) is 29.9. The molecule has 0 fully saturated rings. The second-order valence-electron chi connectivity index (χ2n) is 13.7. The first kappa shape index (κ1) is 31.8. The molecule has 0 unspecified atom stereocenters. The molecule has 0 radical (unpaired) electrons. The average molecular weight is 719 g/mol. The van der Waals surface area contributed by atoms with Crippen LogP contribution in [0.25, 0.3) is 112 Å². The van der Waals surface area contributed by atoms with Crippen LogP contribution in [0.5, 0.6) is 0 Å². The predicted molar refractivity (Wildman–Crippen MR) is 225 cm³/mol. The molecule has 6 nitrogen and oxygen atoms in total. The van der Waals surface area contributed by atoms with E-state index in [1.54, 1.807) is 0 Å². The van der Waals surface area contributed by atoms with Crippen molar-refractivity contribution in [2.75, 3.05) is 0 Å². The zero-order valence-electron chi connectivity index (χ0n) is 29.9. The van der Waals surface area contributed by atoms with E-state index in [0.29, 0.717) is 23.1 Å². The van der Waals surface area contributed by atoms with Crippen molar-refractivity contribution in [2.45, 2.75) is 0 Å². The third kappa shape index (κ3) is 5.19. The molecule has 262 valence electrons. The van der Waals surface area contributed by atoms with E-state index in [1.165, 1.54) is 0 Å². The van der Waals surface area contributed by atoms with Crippen molar-refractivity contribution in [1.29, 1.82) is 0 Å². The molecule has 7 aromatic carbocycles. The van der Waals surface area contributed by atoms with Crippen LogP contribution in [0.4, 0.5) is 0 Å². The lowest BCUT2D eigenvalue weighted by atomic mass is 9.88. The number of furan rings is 2. The molecule has 0 bridgehead atoms. The third-order valence-electron chi connectivity index (χ3n) is 10.4. The summed E-state index contributed by atoms with van der Waals surface area (Å²) in [5.74, 6) is 1.19. The summed E-state index contributed by atoms with van der Waals surface area (Å²) < 4.78 is 12.8. The Hall–Kier alpha value is -7.70. The molecule has 0 saturated carbocycles. The summed E-state index contributed by atoms with van der Waals surface area (Å²) in [6.07, 6.45) is 0. The minimum Gasteiger partial charge on any atom is -0.438 e. The molecule has 0 spiro atoms. The van der Waals surface area contributed by atoms with Crippen molar-refractivity contribution >= 4 is 44.1 Å². The maximum absolute atomic E-state index is 6.41. The van der Waals surface area contributed by atoms with Crippen LogP contribution in [0.1, 0.15) is 0 Å². The van der Waals surface area contributed by atoms with Gasteiger partial charge in [-0.05, 0) is 34.4 Å². The van der Waals surface area contributed by atoms with E-state index < -0.39 is 0 Å². The smallest absolute Gasteiger partial charge is 0.231 e. The highest BCUT2D eigenvalue weighted by atomic mass is 16.3. The lowest BCUT2D eigenvalue weighted by molar-refractivity contribution is 0.653. The number of fused-ring (bicyclic) bond motifs is 6. The van der Waals surface area contributed by atoms with Crippen molar-refractivity contribution in [3.8, 4) is 67.5 Å². The summed E-state index contributed by atoms with van der Waals surface area (Å²) in [7, 11) is 0. The first-order valence-electron chi connectivity index (χ1n) is 18.6. The summed E-state index contributed by atoms with van der Waals surface area (Å²) >= 11 is 0. The topological polar surface area (TPSA) is 77.8 Å². The fraction of sp³-hybridized carbons (Fsp3) is 0. The summed E-state index contributed by atoms with van der Waals surface area (Å²) in [6, 6.07) is 61.7. The highest BCUT2D eigenvalue weighted by Crippen LogP contribution is 2.45. The van der Waals surface area contributed by atoms with Gasteiger partial charge < -0.3 is 8.83 Å². The number of rotatable bonds is 6. The monoisotopic (exact) mass is 718 g/mol. The quantitative estimate of drug-likeness (QED) is 0.170. The van der Waals surface area contributed by atoms with E-state index >= 15 is 0 Å². The molecule has 0 aliphatic carbocycles. The number of nitrogens with zero attached hydrogens (tertiary/aromatic N) is 4. The van der Waals surface area contributed by atoms with E-state index in [9.17, 15) is 0 Å². The molecule has 0 aliphatic heterocycles. The molecule has 56 heavy (non-hydrogen) atoms. The van der Waals surface area contributed by atoms with Gasteiger partial charge in [-0.15, -0.1) is 0 Å². The molecule has 0 N–H and O–H groups in total. The molecule has 0 atom stereocenters. The van der Waals surface area contributed by atoms with E-state index in [1.807, 2.05) is 91.0 Å². The van der Waals surface area contributed by atoms with Gasteiger partial charge in [0.2, 0.25) is 11.4 Å². The van der Waals surface area contributed by atoms with Crippen LogP contribution in [0, 0.1) is 0 Å². The normalized spacial score (nSPS) is 11.6. The fourth-order valence-corrected chi connectivity index (χ4v) is 7.87. The minimum absolute atomic E-state index is 0.552. The van der Waals surface area contributed by atoms with Gasteiger partial charge in [-0.1, -0.05) is 170 Å². The Morgan fingerprint density at radius 2 is 0.679 bits per heavy atom. The molecular weight excluding hydrogens is 689 g/mol. The summed E-state index contributed by atoms with van der Waals surface area (Å²) in [6.45, 7) is 0. The molecule has 4 heterocycles. The van der Waals surface area contributed by atoms with Crippen molar-refractivity contribution in [3.05, 3.63) is 182 Å². The van der Waals surface area contributed by atoms with Gasteiger partial charge in [-0.3, -0.25) is 0 Å². The van der Waals surface area contributed by atoms with Gasteiger partial charge in [0.15, 0.2) is 11.6 Å². The maximum Gasteiger partial charge on any atom is 0.231 e. The molecule has 11 aromatic rings. The second kappa shape index (κ2) is 13.0. The minimum atomic E-state index is 0.552. The number of hydrogen-bond acceptors (Lipinski definition) is 6. The van der Waals surface area contributed by atoms with E-state index in [4.69, 9.17) is 28.8 Å². The SMILES string of the molecule is c1ccc(-c2nc(-c3ccccc3-c3ccccc3-c3ccccc3-c3nc(-c4ccccc4)c4c(n3)oc3ccccc34)c3c(n2)oc2ccccc23)cc1. The Labute approximate surface area is 321 Å². The summed E-state index contributed by atoms with van der Waals surface area (Å²) in [5, 5.41) is 3.74.